The number of aromatic nitrogens is 4. The number of nitrogens with zero attached hydrogens (tertiary/aromatic N) is 3. The molecule has 3 aromatic heterocycles. The lowest BCUT2D eigenvalue weighted by Crippen LogP contribution is -2.29. The van der Waals surface area contributed by atoms with Gasteiger partial charge in [-0.25, -0.2) is 27.6 Å². The van der Waals surface area contributed by atoms with Gasteiger partial charge in [0.1, 0.15) is 15.7 Å². The molecule has 0 aliphatic rings. The molecule has 9 nitrogen and oxygen atoms in total. The molecule has 1 aromatic carbocycles. The Bertz CT molecular complexity index is 1560. The zero-order valence-electron chi connectivity index (χ0n) is 19.7. The van der Waals surface area contributed by atoms with E-state index in [9.17, 15) is 17.6 Å². The van der Waals surface area contributed by atoms with Crippen molar-refractivity contribution in [2.75, 3.05) is 25.7 Å². The summed E-state index contributed by atoms with van der Waals surface area (Å²) in [5, 5.41) is 0. The van der Waals surface area contributed by atoms with Crippen molar-refractivity contribution < 1.29 is 22.3 Å². The summed E-state index contributed by atoms with van der Waals surface area (Å²) in [5.74, 6) is -0.168. The Balaban J connectivity index is 1.89. The second kappa shape index (κ2) is 9.49. The number of H-pyrrole nitrogens is 1. The van der Waals surface area contributed by atoms with Gasteiger partial charge in [0.2, 0.25) is 0 Å². The minimum Gasteiger partial charge on any atom is -0.491 e. The molecule has 0 bridgehead atoms. The van der Waals surface area contributed by atoms with Gasteiger partial charge in [0.25, 0.3) is 5.88 Å². The number of ether oxygens (including phenoxy) is 2. The Morgan fingerprint density at radius 2 is 2.00 bits per heavy atom. The number of aromatic amines is 1. The molecule has 4 rings (SSSR count). The molecular formula is C24H25FN4O5S. The number of hydrogen-bond acceptors (Lipinski definition) is 7. The first-order valence-corrected chi connectivity index (χ1v) is 12.9. The van der Waals surface area contributed by atoms with Crippen molar-refractivity contribution in [1.82, 2.24) is 19.5 Å². The summed E-state index contributed by atoms with van der Waals surface area (Å²) in [6.07, 6.45) is 2.61. The highest BCUT2D eigenvalue weighted by Crippen LogP contribution is 2.31. The first-order chi connectivity index (χ1) is 16.6. The molecule has 184 valence electrons. The van der Waals surface area contributed by atoms with Crippen molar-refractivity contribution in [3.63, 3.8) is 0 Å². The van der Waals surface area contributed by atoms with Crippen molar-refractivity contribution in [1.29, 1.82) is 0 Å². The Labute approximate surface area is 201 Å². The maximum absolute atomic E-state index is 14.1. The second-order valence-corrected chi connectivity index (χ2v) is 10.3. The van der Waals surface area contributed by atoms with Gasteiger partial charge in [-0.15, -0.1) is 0 Å². The number of imidazole rings is 1. The zero-order chi connectivity index (χ0) is 25.3. The maximum Gasteiger partial charge on any atom is 0.328 e. The molecule has 35 heavy (non-hydrogen) atoms. The number of methoxy groups -OCH3 is 1. The standard InChI is InChI=1S/C24H25FN4O5S/c1-5-34-23-21(33-3)10-9-18(27-23)20(13-35(4,31)32)29-22-19(28-24(29)30)11-15(12-26-22)16-7-6-8-17(25)14(16)2/h6-12,20H,5,13H2,1-4H3,(H,28,30). The summed E-state index contributed by atoms with van der Waals surface area (Å²) in [7, 11) is -2.07. The van der Waals surface area contributed by atoms with E-state index in [0.29, 0.717) is 40.3 Å². The number of halogens is 1. The van der Waals surface area contributed by atoms with Crippen molar-refractivity contribution >= 4 is 21.0 Å². The Morgan fingerprint density at radius 1 is 1.23 bits per heavy atom. The number of pyridine rings is 2. The largest absolute Gasteiger partial charge is 0.491 e. The van der Waals surface area contributed by atoms with E-state index < -0.39 is 27.3 Å². The van der Waals surface area contributed by atoms with Crippen LogP contribution < -0.4 is 15.2 Å². The van der Waals surface area contributed by atoms with Crippen LogP contribution in [0.4, 0.5) is 4.39 Å². The number of sulfone groups is 1. The molecule has 0 aliphatic carbocycles. The minimum absolute atomic E-state index is 0.190. The highest BCUT2D eigenvalue weighted by molar-refractivity contribution is 7.90. The van der Waals surface area contributed by atoms with Gasteiger partial charge in [0, 0.05) is 18.0 Å². The molecule has 0 saturated heterocycles. The van der Waals surface area contributed by atoms with Crippen molar-refractivity contribution in [2.24, 2.45) is 0 Å². The third-order valence-electron chi connectivity index (χ3n) is 5.60. The fraction of sp³-hybridized carbons (Fsp3) is 0.292. The summed E-state index contributed by atoms with van der Waals surface area (Å²) in [6.45, 7) is 3.77. The molecule has 1 N–H and O–H groups in total. The molecule has 0 amide bonds. The van der Waals surface area contributed by atoms with E-state index in [4.69, 9.17) is 9.47 Å². The van der Waals surface area contributed by atoms with Gasteiger partial charge in [0.15, 0.2) is 11.4 Å². The Morgan fingerprint density at radius 3 is 2.69 bits per heavy atom. The SMILES string of the molecule is CCOc1nc(C(CS(C)(=O)=O)n2c(=O)[nH]c3cc(-c4cccc(F)c4C)cnc32)ccc1OC. The van der Waals surface area contributed by atoms with Crippen LogP contribution in [0.3, 0.4) is 0 Å². The van der Waals surface area contributed by atoms with Crippen LogP contribution in [0, 0.1) is 12.7 Å². The molecule has 0 saturated carbocycles. The van der Waals surface area contributed by atoms with Gasteiger partial charge in [-0.1, -0.05) is 12.1 Å². The first kappa shape index (κ1) is 24.4. The van der Waals surface area contributed by atoms with E-state index in [0.717, 1.165) is 6.26 Å². The third-order valence-corrected chi connectivity index (χ3v) is 6.52. The molecule has 0 radical (unpaired) electrons. The summed E-state index contributed by atoms with van der Waals surface area (Å²) in [6, 6.07) is 8.64. The number of benzene rings is 1. The summed E-state index contributed by atoms with van der Waals surface area (Å²) >= 11 is 0. The number of hydrogen-bond donors (Lipinski definition) is 1. The van der Waals surface area contributed by atoms with Gasteiger partial charge in [-0.3, -0.25) is 4.57 Å². The van der Waals surface area contributed by atoms with Crippen molar-refractivity contribution in [3.05, 3.63) is 70.2 Å². The molecule has 4 aromatic rings. The number of fused-ring (bicyclic) bond motifs is 1. The van der Waals surface area contributed by atoms with Crippen LogP contribution in [0.2, 0.25) is 0 Å². The van der Waals surface area contributed by atoms with Crippen LogP contribution in [0.25, 0.3) is 22.3 Å². The molecule has 3 heterocycles. The fourth-order valence-electron chi connectivity index (χ4n) is 3.97. The van der Waals surface area contributed by atoms with Crippen molar-refractivity contribution in [2.45, 2.75) is 19.9 Å². The summed E-state index contributed by atoms with van der Waals surface area (Å²) in [5.41, 5.74) is 2.09. The normalized spacial score (nSPS) is 12.6. The smallest absolute Gasteiger partial charge is 0.328 e. The van der Waals surface area contributed by atoms with E-state index in [1.165, 1.54) is 23.9 Å². The van der Waals surface area contributed by atoms with E-state index in [1.807, 2.05) is 0 Å². The van der Waals surface area contributed by atoms with Gasteiger partial charge in [-0.2, -0.15) is 0 Å². The lowest BCUT2D eigenvalue weighted by Gasteiger charge is -2.19. The number of nitrogens with one attached hydrogen (secondary N) is 1. The Kier molecular flexibility index (Phi) is 6.62. The van der Waals surface area contributed by atoms with Crippen molar-refractivity contribution in [3.8, 4) is 22.8 Å². The van der Waals surface area contributed by atoms with E-state index >= 15 is 0 Å². The molecule has 1 unspecified atom stereocenters. The van der Waals surface area contributed by atoms with Gasteiger partial charge < -0.3 is 14.5 Å². The van der Waals surface area contributed by atoms with Crippen LogP contribution in [-0.4, -0.2) is 53.7 Å². The predicted molar refractivity (Wildman–Crippen MR) is 130 cm³/mol. The quantitative estimate of drug-likeness (QED) is 0.395. The van der Waals surface area contributed by atoms with E-state index in [1.54, 1.807) is 44.2 Å². The molecule has 11 heteroatoms. The summed E-state index contributed by atoms with van der Waals surface area (Å²) in [4.78, 5) is 24.7. The highest BCUT2D eigenvalue weighted by Gasteiger charge is 2.27. The fourth-order valence-corrected chi connectivity index (χ4v) is 4.87. The van der Waals surface area contributed by atoms with Crippen LogP contribution in [0.1, 0.15) is 24.2 Å². The molecule has 1 atom stereocenters. The van der Waals surface area contributed by atoms with Crippen LogP contribution in [0.15, 0.2) is 47.4 Å². The third kappa shape index (κ3) is 4.90. The monoisotopic (exact) mass is 500 g/mol. The lowest BCUT2D eigenvalue weighted by molar-refractivity contribution is 0.296. The van der Waals surface area contributed by atoms with E-state index in [2.05, 4.69) is 15.0 Å². The first-order valence-electron chi connectivity index (χ1n) is 10.8. The average Bonchev–Trinajstić information content (AvgIpc) is 3.13. The molecule has 0 aliphatic heterocycles. The van der Waals surface area contributed by atoms with E-state index in [-0.39, 0.29) is 17.3 Å². The zero-order valence-corrected chi connectivity index (χ0v) is 20.5. The molecule has 0 fully saturated rings. The molecule has 0 spiro atoms. The topological polar surface area (TPSA) is 116 Å². The number of rotatable bonds is 8. The van der Waals surface area contributed by atoms with Gasteiger partial charge in [-0.05, 0) is 49.2 Å². The van der Waals surface area contributed by atoms with Crippen LogP contribution >= 0.6 is 0 Å². The maximum atomic E-state index is 14.1. The predicted octanol–water partition coefficient (Wildman–Crippen LogP) is 3.28. The van der Waals surface area contributed by atoms with Crippen LogP contribution in [0.5, 0.6) is 11.6 Å². The Hall–Kier alpha value is -3.73. The van der Waals surface area contributed by atoms with Gasteiger partial charge in [0.05, 0.1) is 36.7 Å². The second-order valence-electron chi connectivity index (χ2n) is 8.09. The lowest BCUT2D eigenvalue weighted by atomic mass is 10.0. The molecular weight excluding hydrogens is 475 g/mol. The summed E-state index contributed by atoms with van der Waals surface area (Å²) < 4.78 is 50.8. The van der Waals surface area contributed by atoms with Gasteiger partial charge >= 0.3 is 5.69 Å². The minimum atomic E-state index is -3.54. The highest BCUT2D eigenvalue weighted by atomic mass is 32.2. The average molecular weight is 501 g/mol. The van der Waals surface area contributed by atoms with Crippen LogP contribution in [-0.2, 0) is 9.84 Å².